The van der Waals surface area contributed by atoms with Crippen LogP contribution in [0.2, 0.25) is 0 Å². The monoisotopic (exact) mass is 352 g/mol. The zero-order valence-corrected chi connectivity index (χ0v) is 14.7. The fraction of sp³-hybridized carbons (Fsp3) is 0.263. The number of rotatable bonds is 3. The summed E-state index contributed by atoms with van der Waals surface area (Å²) in [7, 11) is 0. The number of nitrogens with zero attached hydrogens (tertiary/aromatic N) is 2. The molecule has 1 aliphatic rings. The first-order chi connectivity index (χ1) is 12.5. The summed E-state index contributed by atoms with van der Waals surface area (Å²) in [5.41, 5.74) is 2.71. The van der Waals surface area contributed by atoms with E-state index in [-0.39, 0.29) is 5.56 Å². The minimum absolute atomic E-state index is 0.360. The fourth-order valence-electron chi connectivity index (χ4n) is 3.22. The van der Waals surface area contributed by atoms with E-state index in [9.17, 15) is 9.59 Å². The van der Waals surface area contributed by atoms with Crippen LogP contribution in [0.1, 0.15) is 22.5 Å². The molecule has 7 nitrogen and oxygen atoms in total. The summed E-state index contributed by atoms with van der Waals surface area (Å²) in [6.07, 6.45) is 1.63. The highest BCUT2D eigenvalue weighted by Crippen LogP contribution is 2.23. The Bertz CT molecular complexity index is 1060. The maximum Gasteiger partial charge on any atom is 0.334 e. The van der Waals surface area contributed by atoms with Crippen molar-refractivity contribution >= 4 is 5.82 Å². The number of benzene rings is 1. The first kappa shape index (κ1) is 16.4. The number of H-pyrrole nitrogens is 1. The number of aryl methyl sites for hydroxylation is 2. The van der Waals surface area contributed by atoms with Crippen molar-refractivity contribution in [2.75, 3.05) is 12.0 Å². The maximum absolute atomic E-state index is 12.5. The molecule has 26 heavy (non-hydrogen) atoms. The van der Waals surface area contributed by atoms with Gasteiger partial charge in [-0.2, -0.15) is 0 Å². The molecule has 0 fully saturated rings. The van der Waals surface area contributed by atoms with E-state index in [2.05, 4.69) is 10.3 Å². The molecular formula is C19H20N4O3. The first-order valence-electron chi connectivity index (χ1n) is 8.47. The van der Waals surface area contributed by atoms with Crippen LogP contribution in [0.4, 0.5) is 5.82 Å². The number of furan rings is 1. The van der Waals surface area contributed by atoms with E-state index in [0.717, 1.165) is 22.6 Å². The fourth-order valence-corrected chi connectivity index (χ4v) is 3.22. The molecule has 0 aliphatic carbocycles. The highest BCUT2D eigenvalue weighted by molar-refractivity contribution is 5.53. The number of hydrogen-bond donors (Lipinski definition) is 2. The molecule has 1 aromatic carbocycles. The van der Waals surface area contributed by atoms with Gasteiger partial charge >= 0.3 is 5.69 Å². The molecule has 7 heteroatoms. The lowest BCUT2D eigenvalue weighted by Crippen LogP contribution is -2.42. The van der Waals surface area contributed by atoms with Crippen molar-refractivity contribution in [3.63, 3.8) is 0 Å². The van der Waals surface area contributed by atoms with Crippen molar-refractivity contribution < 1.29 is 4.42 Å². The van der Waals surface area contributed by atoms with E-state index in [1.54, 1.807) is 6.26 Å². The lowest BCUT2D eigenvalue weighted by molar-refractivity contribution is 0.241. The molecule has 0 bridgehead atoms. The van der Waals surface area contributed by atoms with Gasteiger partial charge in [-0.25, -0.2) is 9.36 Å². The van der Waals surface area contributed by atoms with Gasteiger partial charge in [-0.1, -0.05) is 6.07 Å². The third kappa shape index (κ3) is 2.86. The molecule has 2 aromatic heterocycles. The molecular weight excluding hydrogens is 332 g/mol. The molecule has 4 rings (SSSR count). The number of hydrogen-bond acceptors (Lipinski definition) is 5. The Labute approximate surface area is 149 Å². The first-order valence-corrected chi connectivity index (χ1v) is 8.47. The van der Waals surface area contributed by atoms with Gasteiger partial charge in [0, 0.05) is 6.54 Å². The van der Waals surface area contributed by atoms with E-state index in [4.69, 9.17) is 4.42 Å². The van der Waals surface area contributed by atoms with Crippen LogP contribution in [0.3, 0.4) is 0 Å². The minimum atomic E-state index is -0.441. The van der Waals surface area contributed by atoms with Crippen molar-refractivity contribution in [3.05, 3.63) is 79.9 Å². The van der Waals surface area contributed by atoms with Crippen LogP contribution in [0, 0.1) is 13.8 Å². The number of fused-ring (bicyclic) bond motifs is 1. The Morgan fingerprint density at radius 2 is 2.00 bits per heavy atom. The smallest absolute Gasteiger partial charge is 0.334 e. The van der Waals surface area contributed by atoms with Gasteiger partial charge in [-0.05, 0) is 49.2 Å². The van der Waals surface area contributed by atoms with E-state index >= 15 is 0 Å². The quantitative estimate of drug-likeness (QED) is 0.754. The maximum atomic E-state index is 12.5. The summed E-state index contributed by atoms with van der Waals surface area (Å²) in [4.78, 5) is 29.4. The molecule has 0 atom stereocenters. The third-order valence-corrected chi connectivity index (χ3v) is 4.77. The Hall–Kier alpha value is -3.06. The molecule has 0 radical (unpaired) electrons. The molecule has 1 aliphatic heterocycles. The predicted molar refractivity (Wildman–Crippen MR) is 98.6 cm³/mol. The standard InChI is InChI=1S/C19H20N4O3/c1-12-5-6-14(8-13(12)2)23-17-16(18(24)21-19(23)25)10-22(11-20-17)9-15-4-3-7-26-15/h3-8,20H,9-11H2,1-2H3,(H,21,24,25). The lowest BCUT2D eigenvalue weighted by Gasteiger charge is -2.30. The summed E-state index contributed by atoms with van der Waals surface area (Å²) >= 11 is 0. The van der Waals surface area contributed by atoms with E-state index in [1.807, 2.05) is 49.1 Å². The molecule has 3 heterocycles. The number of aromatic amines is 1. The van der Waals surface area contributed by atoms with Crippen LogP contribution >= 0.6 is 0 Å². The van der Waals surface area contributed by atoms with Gasteiger partial charge in [-0.3, -0.25) is 14.7 Å². The summed E-state index contributed by atoms with van der Waals surface area (Å²) < 4.78 is 6.92. The zero-order valence-electron chi connectivity index (χ0n) is 14.7. The van der Waals surface area contributed by atoms with Crippen molar-refractivity contribution in [2.24, 2.45) is 0 Å². The summed E-state index contributed by atoms with van der Waals surface area (Å²) in [5, 5.41) is 3.24. The van der Waals surface area contributed by atoms with Crippen molar-refractivity contribution in [3.8, 4) is 5.69 Å². The van der Waals surface area contributed by atoms with Gasteiger partial charge in [0.05, 0.1) is 30.7 Å². The van der Waals surface area contributed by atoms with Crippen LogP contribution in [0.5, 0.6) is 0 Å². The van der Waals surface area contributed by atoms with Gasteiger partial charge in [-0.15, -0.1) is 0 Å². The zero-order chi connectivity index (χ0) is 18.3. The van der Waals surface area contributed by atoms with Gasteiger partial charge in [0.1, 0.15) is 11.6 Å². The van der Waals surface area contributed by atoms with Crippen LogP contribution in [-0.2, 0) is 13.1 Å². The third-order valence-electron chi connectivity index (χ3n) is 4.77. The summed E-state index contributed by atoms with van der Waals surface area (Å²) in [6, 6.07) is 9.55. The minimum Gasteiger partial charge on any atom is -0.468 e. The second-order valence-corrected chi connectivity index (χ2v) is 6.59. The highest BCUT2D eigenvalue weighted by Gasteiger charge is 2.24. The Kier molecular flexibility index (Phi) is 4.00. The summed E-state index contributed by atoms with van der Waals surface area (Å²) in [5.74, 6) is 1.38. The Balaban J connectivity index is 1.76. The van der Waals surface area contributed by atoms with E-state index < -0.39 is 5.69 Å². The van der Waals surface area contributed by atoms with Gasteiger partial charge in [0.25, 0.3) is 5.56 Å². The molecule has 2 N–H and O–H groups in total. The molecule has 134 valence electrons. The second kappa shape index (κ2) is 6.34. The molecule has 0 saturated heterocycles. The largest absolute Gasteiger partial charge is 0.468 e. The van der Waals surface area contributed by atoms with Crippen LogP contribution in [0.15, 0.2) is 50.6 Å². The number of aromatic nitrogens is 2. The van der Waals surface area contributed by atoms with Crippen LogP contribution < -0.4 is 16.6 Å². The van der Waals surface area contributed by atoms with Crippen LogP contribution in [-0.4, -0.2) is 21.1 Å². The number of nitrogens with one attached hydrogen (secondary N) is 2. The van der Waals surface area contributed by atoms with Gasteiger partial charge in [0.15, 0.2) is 0 Å². The van der Waals surface area contributed by atoms with E-state index in [0.29, 0.717) is 31.1 Å². The Morgan fingerprint density at radius 1 is 1.15 bits per heavy atom. The molecule has 0 amide bonds. The second-order valence-electron chi connectivity index (χ2n) is 6.59. The van der Waals surface area contributed by atoms with E-state index in [1.165, 1.54) is 4.57 Å². The molecule has 0 unspecified atom stereocenters. The van der Waals surface area contributed by atoms with Crippen molar-refractivity contribution in [1.29, 1.82) is 0 Å². The lowest BCUT2D eigenvalue weighted by atomic mass is 10.1. The van der Waals surface area contributed by atoms with Crippen LogP contribution in [0.25, 0.3) is 5.69 Å². The predicted octanol–water partition coefficient (Wildman–Crippen LogP) is 2.12. The average Bonchev–Trinajstić information content (AvgIpc) is 3.11. The molecule has 0 saturated carbocycles. The molecule has 0 spiro atoms. The van der Waals surface area contributed by atoms with Gasteiger partial charge < -0.3 is 9.73 Å². The van der Waals surface area contributed by atoms with Crippen molar-refractivity contribution in [1.82, 2.24) is 14.5 Å². The molecule has 3 aromatic rings. The van der Waals surface area contributed by atoms with Crippen molar-refractivity contribution in [2.45, 2.75) is 26.9 Å². The Morgan fingerprint density at radius 3 is 2.73 bits per heavy atom. The average molecular weight is 352 g/mol. The summed E-state index contributed by atoms with van der Waals surface area (Å²) in [6.45, 7) is 5.56. The highest BCUT2D eigenvalue weighted by atomic mass is 16.3. The van der Waals surface area contributed by atoms with Gasteiger partial charge in [0.2, 0.25) is 0 Å². The number of anilines is 1. The SMILES string of the molecule is Cc1ccc(-n2c3c(c(=O)[nH]c2=O)CN(Cc2ccco2)CN3)cc1C. The normalized spacial score (nSPS) is 14.1. The topological polar surface area (TPSA) is 83.3 Å².